The number of aryl methyl sites for hydroxylation is 2. The van der Waals surface area contributed by atoms with Crippen molar-refractivity contribution in [3.05, 3.63) is 34.9 Å². The SMILES string of the molecule is CC.CC(C)(C)c1ccc2c(c1)CCCC2. The van der Waals surface area contributed by atoms with E-state index in [9.17, 15) is 0 Å². The van der Waals surface area contributed by atoms with Gasteiger partial charge in [0.25, 0.3) is 0 Å². The Balaban J connectivity index is 0.000000606. The van der Waals surface area contributed by atoms with E-state index in [1.54, 1.807) is 11.1 Å². The third kappa shape index (κ3) is 3.10. The fourth-order valence-corrected chi connectivity index (χ4v) is 2.20. The molecule has 0 atom stereocenters. The predicted octanol–water partition coefficient (Wildman–Crippen LogP) is 4.89. The van der Waals surface area contributed by atoms with Gasteiger partial charge in [-0.05, 0) is 47.8 Å². The second kappa shape index (κ2) is 5.52. The van der Waals surface area contributed by atoms with Crippen molar-refractivity contribution in [1.29, 1.82) is 0 Å². The Morgan fingerprint density at radius 1 is 0.875 bits per heavy atom. The second-order valence-electron chi connectivity index (χ2n) is 5.44. The minimum Gasteiger partial charge on any atom is -0.0683 e. The van der Waals surface area contributed by atoms with Gasteiger partial charge in [-0.1, -0.05) is 52.8 Å². The van der Waals surface area contributed by atoms with Crippen molar-refractivity contribution in [2.45, 2.75) is 65.7 Å². The fraction of sp³-hybridized carbons (Fsp3) is 0.625. The van der Waals surface area contributed by atoms with Crippen LogP contribution in [0.5, 0.6) is 0 Å². The van der Waals surface area contributed by atoms with Crippen LogP contribution in [0.4, 0.5) is 0 Å². The highest BCUT2D eigenvalue weighted by Gasteiger charge is 2.16. The first kappa shape index (κ1) is 13.3. The molecule has 16 heavy (non-hydrogen) atoms. The van der Waals surface area contributed by atoms with E-state index in [0.29, 0.717) is 5.41 Å². The zero-order chi connectivity index (χ0) is 12.2. The fourth-order valence-electron chi connectivity index (χ4n) is 2.20. The van der Waals surface area contributed by atoms with Crippen LogP contribution >= 0.6 is 0 Å². The summed E-state index contributed by atoms with van der Waals surface area (Å²) in [5.74, 6) is 0. The Kier molecular flexibility index (Phi) is 4.58. The molecule has 1 aliphatic rings. The summed E-state index contributed by atoms with van der Waals surface area (Å²) in [5, 5.41) is 0. The highest BCUT2D eigenvalue weighted by molar-refractivity contribution is 5.36. The van der Waals surface area contributed by atoms with E-state index in [4.69, 9.17) is 0 Å². The maximum atomic E-state index is 2.43. The number of fused-ring (bicyclic) bond motifs is 1. The van der Waals surface area contributed by atoms with Crippen molar-refractivity contribution < 1.29 is 0 Å². The summed E-state index contributed by atoms with van der Waals surface area (Å²) < 4.78 is 0. The molecule has 0 N–H and O–H groups in total. The van der Waals surface area contributed by atoms with E-state index in [0.717, 1.165) is 0 Å². The molecule has 2 rings (SSSR count). The van der Waals surface area contributed by atoms with Gasteiger partial charge in [0.15, 0.2) is 0 Å². The molecule has 0 heterocycles. The molecule has 0 aliphatic heterocycles. The second-order valence-corrected chi connectivity index (χ2v) is 5.44. The van der Waals surface area contributed by atoms with Gasteiger partial charge in [-0.3, -0.25) is 0 Å². The quantitative estimate of drug-likeness (QED) is 0.581. The van der Waals surface area contributed by atoms with Crippen molar-refractivity contribution in [3.63, 3.8) is 0 Å². The summed E-state index contributed by atoms with van der Waals surface area (Å²) in [4.78, 5) is 0. The molecule has 0 spiro atoms. The van der Waals surface area contributed by atoms with E-state index < -0.39 is 0 Å². The lowest BCUT2D eigenvalue weighted by Gasteiger charge is -2.23. The first-order chi connectivity index (χ1) is 7.57. The van der Waals surface area contributed by atoms with Gasteiger partial charge in [-0.25, -0.2) is 0 Å². The molecular formula is C16H26. The molecule has 0 heteroatoms. The lowest BCUT2D eigenvalue weighted by Crippen LogP contribution is -2.13. The van der Waals surface area contributed by atoms with Gasteiger partial charge in [0.1, 0.15) is 0 Å². The summed E-state index contributed by atoms with van der Waals surface area (Å²) in [5.41, 5.74) is 4.97. The topological polar surface area (TPSA) is 0 Å². The predicted molar refractivity (Wildman–Crippen MR) is 73.1 cm³/mol. The van der Waals surface area contributed by atoms with Gasteiger partial charge in [-0.2, -0.15) is 0 Å². The molecule has 90 valence electrons. The maximum absolute atomic E-state index is 2.43. The summed E-state index contributed by atoms with van der Waals surface area (Å²) in [6.07, 6.45) is 5.33. The minimum absolute atomic E-state index is 0.298. The molecule has 1 aromatic carbocycles. The normalized spacial score (nSPS) is 14.8. The molecule has 0 amide bonds. The number of benzene rings is 1. The van der Waals surface area contributed by atoms with Crippen molar-refractivity contribution in [2.24, 2.45) is 0 Å². The van der Waals surface area contributed by atoms with E-state index in [1.165, 1.54) is 31.2 Å². The first-order valence-corrected chi connectivity index (χ1v) is 6.70. The van der Waals surface area contributed by atoms with Crippen LogP contribution in [-0.2, 0) is 18.3 Å². The van der Waals surface area contributed by atoms with Crippen LogP contribution in [0.2, 0.25) is 0 Å². The molecule has 0 unspecified atom stereocenters. The standard InChI is InChI=1S/C14H20.C2H6/c1-14(2,3)13-9-8-11-6-4-5-7-12(11)10-13;1-2/h8-10H,4-7H2,1-3H3;1-2H3. The first-order valence-electron chi connectivity index (χ1n) is 6.70. The molecule has 0 saturated carbocycles. The van der Waals surface area contributed by atoms with Gasteiger partial charge in [0.05, 0.1) is 0 Å². The summed E-state index contributed by atoms with van der Waals surface area (Å²) in [6, 6.07) is 7.08. The third-order valence-corrected chi connectivity index (χ3v) is 3.21. The van der Waals surface area contributed by atoms with Gasteiger partial charge in [0, 0.05) is 0 Å². The lowest BCUT2D eigenvalue weighted by atomic mass is 9.82. The van der Waals surface area contributed by atoms with Crippen LogP contribution in [0.1, 0.15) is 64.2 Å². The van der Waals surface area contributed by atoms with Crippen LogP contribution < -0.4 is 0 Å². The van der Waals surface area contributed by atoms with E-state index in [1.807, 2.05) is 13.8 Å². The number of hydrogen-bond donors (Lipinski definition) is 0. The Hall–Kier alpha value is -0.780. The smallest absolute Gasteiger partial charge is 0.0132 e. The van der Waals surface area contributed by atoms with E-state index >= 15 is 0 Å². The lowest BCUT2D eigenvalue weighted by molar-refractivity contribution is 0.586. The summed E-state index contributed by atoms with van der Waals surface area (Å²) in [7, 11) is 0. The number of hydrogen-bond acceptors (Lipinski definition) is 0. The van der Waals surface area contributed by atoms with E-state index in [-0.39, 0.29) is 0 Å². The molecule has 0 aromatic heterocycles. The van der Waals surface area contributed by atoms with Gasteiger partial charge in [-0.15, -0.1) is 0 Å². The summed E-state index contributed by atoms with van der Waals surface area (Å²) in [6.45, 7) is 10.9. The molecule has 1 aromatic rings. The van der Waals surface area contributed by atoms with Crippen LogP contribution in [0, 0.1) is 0 Å². The summed E-state index contributed by atoms with van der Waals surface area (Å²) >= 11 is 0. The average Bonchev–Trinajstić information content (AvgIpc) is 2.30. The molecule has 0 saturated heterocycles. The van der Waals surface area contributed by atoms with Crippen LogP contribution in [0.15, 0.2) is 18.2 Å². The van der Waals surface area contributed by atoms with Crippen LogP contribution in [0.25, 0.3) is 0 Å². The van der Waals surface area contributed by atoms with Gasteiger partial charge < -0.3 is 0 Å². The van der Waals surface area contributed by atoms with Crippen molar-refractivity contribution in [2.75, 3.05) is 0 Å². The molecular weight excluding hydrogens is 192 g/mol. The Bertz CT molecular complexity index is 328. The van der Waals surface area contributed by atoms with E-state index in [2.05, 4.69) is 39.0 Å². The minimum atomic E-state index is 0.298. The zero-order valence-electron chi connectivity index (χ0n) is 11.6. The van der Waals surface area contributed by atoms with Crippen LogP contribution in [-0.4, -0.2) is 0 Å². The zero-order valence-corrected chi connectivity index (χ0v) is 11.6. The van der Waals surface area contributed by atoms with Gasteiger partial charge >= 0.3 is 0 Å². The van der Waals surface area contributed by atoms with Crippen LogP contribution in [0.3, 0.4) is 0 Å². The molecule has 1 aliphatic carbocycles. The molecule has 0 nitrogen and oxygen atoms in total. The van der Waals surface area contributed by atoms with Gasteiger partial charge in [0.2, 0.25) is 0 Å². The number of rotatable bonds is 0. The van der Waals surface area contributed by atoms with Crippen molar-refractivity contribution in [3.8, 4) is 0 Å². The monoisotopic (exact) mass is 218 g/mol. The Morgan fingerprint density at radius 2 is 1.44 bits per heavy atom. The Labute approximate surface area is 101 Å². The molecule has 0 fully saturated rings. The highest BCUT2D eigenvalue weighted by Crippen LogP contribution is 2.28. The third-order valence-electron chi connectivity index (χ3n) is 3.21. The van der Waals surface area contributed by atoms with Crippen molar-refractivity contribution >= 4 is 0 Å². The molecule has 0 radical (unpaired) electrons. The molecule has 0 bridgehead atoms. The average molecular weight is 218 g/mol. The maximum Gasteiger partial charge on any atom is -0.0132 e. The Morgan fingerprint density at radius 3 is 2.00 bits per heavy atom. The largest absolute Gasteiger partial charge is 0.0683 e. The van der Waals surface area contributed by atoms with Crippen molar-refractivity contribution in [1.82, 2.24) is 0 Å². The highest BCUT2D eigenvalue weighted by atomic mass is 14.2.